The first-order chi connectivity index (χ1) is 5.68. The molecular weight excluding hydrogens is 146 g/mol. The number of anilines is 1. The molecule has 1 aliphatic heterocycles. The molecule has 0 spiro atoms. The van der Waals surface area contributed by atoms with Gasteiger partial charge in [0.05, 0.1) is 0 Å². The Labute approximate surface area is 73.8 Å². The van der Waals surface area contributed by atoms with Crippen LogP contribution < -0.4 is 5.32 Å². The molecule has 0 aliphatic carbocycles. The normalized spacial score (nSPS) is 20.4. The maximum Gasteiger partial charge on any atom is 0.0406 e. The number of rotatable bonds is 0. The van der Waals surface area contributed by atoms with E-state index >= 15 is 0 Å². The maximum absolute atomic E-state index is 3.45. The SMILES string of the molecule is Cc1cc(C)c2c(c1)C(C)CN2. The van der Waals surface area contributed by atoms with Gasteiger partial charge in [0.2, 0.25) is 0 Å². The van der Waals surface area contributed by atoms with E-state index in [9.17, 15) is 0 Å². The molecule has 64 valence electrons. The largest absolute Gasteiger partial charge is 0.384 e. The Hall–Kier alpha value is -0.980. The van der Waals surface area contributed by atoms with Crippen LogP contribution >= 0.6 is 0 Å². The summed E-state index contributed by atoms with van der Waals surface area (Å²) in [4.78, 5) is 0. The summed E-state index contributed by atoms with van der Waals surface area (Å²) in [6, 6.07) is 4.54. The van der Waals surface area contributed by atoms with E-state index in [4.69, 9.17) is 0 Å². The molecule has 1 unspecified atom stereocenters. The fourth-order valence-electron chi connectivity index (χ4n) is 2.00. The number of benzene rings is 1. The van der Waals surface area contributed by atoms with E-state index in [1.165, 1.54) is 22.4 Å². The van der Waals surface area contributed by atoms with Crippen molar-refractivity contribution < 1.29 is 0 Å². The third kappa shape index (κ3) is 1.01. The number of nitrogens with one attached hydrogen (secondary N) is 1. The number of aryl methyl sites for hydroxylation is 2. The topological polar surface area (TPSA) is 12.0 Å². The van der Waals surface area contributed by atoms with Crippen molar-refractivity contribution in [2.24, 2.45) is 0 Å². The van der Waals surface area contributed by atoms with E-state index in [1.807, 2.05) is 0 Å². The predicted molar refractivity (Wildman–Crippen MR) is 52.8 cm³/mol. The number of fused-ring (bicyclic) bond motifs is 1. The average molecular weight is 161 g/mol. The molecule has 0 fully saturated rings. The minimum atomic E-state index is 0.679. The second-order valence-corrected chi connectivity index (χ2v) is 3.83. The van der Waals surface area contributed by atoms with Gasteiger partial charge in [0.1, 0.15) is 0 Å². The van der Waals surface area contributed by atoms with Crippen molar-refractivity contribution in [2.75, 3.05) is 11.9 Å². The van der Waals surface area contributed by atoms with Crippen molar-refractivity contribution in [2.45, 2.75) is 26.7 Å². The van der Waals surface area contributed by atoms with Gasteiger partial charge in [0.15, 0.2) is 0 Å². The zero-order valence-corrected chi connectivity index (χ0v) is 7.94. The average Bonchev–Trinajstić information content (AvgIpc) is 2.33. The quantitative estimate of drug-likeness (QED) is 0.617. The molecule has 2 rings (SSSR count). The van der Waals surface area contributed by atoms with Crippen molar-refractivity contribution in [1.29, 1.82) is 0 Å². The standard InChI is InChI=1S/C11H15N/c1-7-4-8(2)11-10(5-7)9(3)6-12-11/h4-5,9,12H,6H2,1-3H3. The van der Waals surface area contributed by atoms with Gasteiger partial charge in [0, 0.05) is 18.2 Å². The summed E-state index contributed by atoms with van der Waals surface area (Å²) in [6.07, 6.45) is 0. The van der Waals surface area contributed by atoms with Crippen LogP contribution in [0.2, 0.25) is 0 Å². The van der Waals surface area contributed by atoms with Gasteiger partial charge in [-0.1, -0.05) is 24.6 Å². The Morgan fingerprint density at radius 3 is 2.83 bits per heavy atom. The van der Waals surface area contributed by atoms with Crippen LogP contribution in [-0.4, -0.2) is 6.54 Å². The Kier molecular flexibility index (Phi) is 1.60. The highest BCUT2D eigenvalue weighted by Crippen LogP contribution is 2.34. The predicted octanol–water partition coefficient (Wildman–Crippen LogP) is 2.83. The molecule has 1 heteroatoms. The summed E-state index contributed by atoms with van der Waals surface area (Å²) < 4.78 is 0. The summed E-state index contributed by atoms with van der Waals surface area (Å²) in [5, 5.41) is 3.45. The van der Waals surface area contributed by atoms with E-state index in [2.05, 4.69) is 38.2 Å². The van der Waals surface area contributed by atoms with E-state index < -0.39 is 0 Å². The van der Waals surface area contributed by atoms with Crippen molar-refractivity contribution in [3.63, 3.8) is 0 Å². The molecule has 0 saturated heterocycles. The molecule has 1 atom stereocenters. The lowest BCUT2D eigenvalue weighted by Crippen LogP contribution is -1.96. The molecule has 1 N–H and O–H groups in total. The van der Waals surface area contributed by atoms with Crippen LogP contribution in [0.5, 0.6) is 0 Å². The second kappa shape index (κ2) is 2.51. The molecule has 0 radical (unpaired) electrons. The second-order valence-electron chi connectivity index (χ2n) is 3.83. The molecule has 0 saturated carbocycles. The van der Waals surface area contributed by atoms with Crippen LogP contribution in [0.25, 0.3) is 0 Å². The van der Waals surface area contributed by atoms with Crippen LogP contribution in [0.15, 0.2) is 12.1 Å². The Balaban J connectivity index is 2.60. The van der Waals surface area contributed by atoms with Crippen molar-refractivity contribution in [3.05, 3.63) is 28.8 Å². The number of hydrogen-bond donors (Lipinski definition) is 1. The summed E-state index contributed by atoms with van der Waals surface area (Å²) in [5.74, 6) is 0.679. The Bertz CT molecular complexity index is 315. The summed E-state index contributed by atoms with van der Waals surface area (Å²) in [5.41, 5.74) is 5.62. The zero-order valence-electron chi connectivity index (χ0n) is 7.94. The highest BCUT2D eigenvalue weighted by atomic mass is 14.9. The molecule has 1 aliphatic rings. The van der Waals surface area contributed by atoms with E-state index in [0.29, 0.717) is 5.92 Å². The molecular formula is C11H15N. The van der Waals surface area contributed by atoms with Crippen LogP contribution in [0.1, 0.15) is 29.5 Å². The Morgan fingerprint density at radius 1 is 1.33 bits per heavy atom. The molecule has 0 bridgehead atoms. The first-order valence-electron chi connectivity index (χ1n) is 4.53. The van der Waals surface area contributed by atoms with Gasteiger partial charge in [-0.25, -0.2) is 0 Å². The summed E-state index contributed by atoms with van der Waals surface area (Å²) in [7, 11) is 0. The summed E-state index contributed by atoms with van der Waals surface area (Å²) >= 11 is 0. The van der Waals surface area contributed by atoms with Crippen LogP contribution in [-0.2, 0) is 0 Å². The highest BCUT2D eigenvalue weighted by Gasteiger charge is 2.19. The van der Waals surface area contributed by atoms with Gasteiger partial charge in [-0.2, -0.15) is 0 Å². The molecule has 12 heavy (non-hydrogen) atoms. The molecule has 0 aromatic heterocycles. The monoisotopic (exact) mass is 161 g/mol. The third-order valence-corrected chi connectivity index (χ3v) is 2.63. The van der Waals surface area contributed by atoms with Crippen molar-refractivity contribution in [1.82, 2.24) is 0 Å². The molecule has 0 amide bonds. The van der Waals surface area contributed by atoms with Gasteiger partial charge in [0.25, 0.3) is 0 Å². The van der Waals surface area contributed by atoms with Crippen LogP contribution in [0.3, 0.4) is 0 Å². The lowest BCUT2D eigenvalue weighted by atomic mass is 9.99. The van der Waals surface area contributed by atoms with Crippen molar-refractivity contribution in [3.8, 4) is 0 Å². The van der Waals surface area contributed by atoms with Crippen LogP contribution in [0, 0.1) is 13.8 Å². The van der Waals surface area contributed by atoms with E-state index in [0.717, 1.165) is 6.54 Å². The summed E-state index contributed by atoms with van der Waals surface area (Å²) in [6.45, 7) is 7.71. The smallest absolute Gasteiger partial charge is 0.0406 e. The third-order valence-electron chi connectivity index (χ3n) is 2.63. The lowest BCUT2D eigenvalue weighted by molar-refractivity contribution is 0.853. The highest BCUT2D eigenvalue weighted by molar-refractivity contribution is 5.63. The minimum absolute atomic E-state index is 0.679. The Morgan fingerprint density at radius 2 is 2.08 bits per heavy atom. The number of hydrogen-bond acceptors (Lipinski definition) is 1. The lowest BCUT2D eigenvalue weighted by Gasteiger charge is -2.06. The van der Waals surface area contributed by atoms with Gasteiger partial charge in [-0.3, -0.25) is 0 Å². The van der Waals surface area contributed by atoms with Gasteiger partial charge < -0.3 is 5.32 Å². The van der Waals surface area contributed by atoms with E-state index in [-0.39, 0.29) is 0 Å². The fraction of sp³-hybridized carbons (Fsp3) is 0.455. The zero-order chi connectivity index (χ0) is 8.72. The molecule has 1 heterocycles. The van der Waals surface area contributed by atoms with Gasteiger partial charge >= 0.3 is 0 Å². The van der Waals surface area contributed by atoms with Crippen LogP contribution in [0.4, 0.5) is 5.69 Å². The van der Waals surface area contributed by atoms with Gasteiger partial charge in [-0.15, -0.1) is 0 Å². The fourth-order valence-corrected chi connectivity index (χ4v) is 2.00. The molecule has 1 aromatic carbocycles. The minimum Gasteiger partial charge on any atom is -0.384 e. The van der Waals surface area contributed by atoms with E-state index in [1.54, 1.807) is 0 Å². The molecule has 1 aromatic rings. The van der Waals surface area contributed by atoms with Gasteiger partial charge in [-0.05, 0) is 25.0 Å². The first kappa shape index (κ1) is 7.66. The maximum atomic E-state index is 3.45. The first-order valence-corrected chi connectivity index (χ1v) is 4.53. The molecule has 1 nitrogen and oxygen atoms in total. The van der Waals surface area contributed by atoms with Crippen molar-refractivity contribution >= 4 is 5.69 Å².